The molecule has 0 atom stereocenters. The van der Waals surface area contributed by atoms with E-state index in [0.717, 1.165) is 16.4 Å². The predicted molar refractivity (Wildman–Crippen MR) is 123 cm³/mol. The number of carbonyl (C=O) groups excluding carboxylic acids is 2. The Morgan fingerprint density at radius 3 is 2.57 bits per heavy atom. The molecule has 3 rings (SSSR count). The van der Waals surface area contributed by atoms with Gasteiger partial charge in [0.15, 0.2) is 4.34 Å². The van der Waals surface area contributed by atoms with Crippen molar-refractivity contribution >= 4 is 46.3 Å². The fourth-order valence-electron chi connectivity index (χ4n) is 2.65. The molecule has 1 aromatic heterocycles. The normalized spacial score (nSPS) is 10.5. The first kappa shape index (κ1) is 21.9. The second kappa shape index (κ2) is 10.8. The van der Waals surface area contributed by atoms with Crippen LogP contribution < -0.4 is 15.4 Å². The van der Waals surface area contributed by atoms with Crippen LogP contribution in [0.25, 0.3) is 0 Å². The second-order valence-electron chi connectivity index (χ2n) is 6.45. The van der Waals surface area contributed by atoms with Crippen molar-refractivity contribution in [2.75, 3.05) is 23.5 Å². The van der Waals surface area contributed by atoms with Crippen molar-refractivity contribution in [2.45, 2.75) is 24.1 Å². The molecule has 1 heterocycles. The van der Waals surface area contributed by atoms with E-state index in [9.17, 15) is 9.59 Å². The minimum absolute atomic E-state index is 0.114. The van der Waals surface area contributed by atoms with Gasteiger partial charge in [-0.25, -0.2) is 4.98 Å². The van der Waals surface area contributed by atoms with Gasteiger partial charge in [0, 0.05) is 22.8 Å². The van der Waals surface area contributed by atoms with E-state index in [-0.39, 0.29) is 24.0 Å². The molecule has 6 nitrogen and oxygen atoms in total. The number of amides is 2. The highest BCUT2D eigenvalue weighted by molar-refractivity contribution is 8.01. The minimum Gasteiger partial charge on any atom is -0.497 e. The maximum absolute atomic E-state index is 12.2. The molecule has 30 heavy (non-hydrogen) atoms. The number of aryl methyl sites for hydroxylation is 1. The zero-order valence-corrected chi connectivity index (χ0v) is 18.4. The van der Waals surface area contributed by atoms with Crippen molar-refractivity contribution in [3.8, 4) is 5.75 Å². The summed E-state index contributed by atoms with van der Waals surface area (Å²) in [5.74, 6) is 0.680. The first-order valence-corrected chi connectivity index (χ1v) is 11.3. The van der Waals surface area contributed by atoms with Crippen LogP contribution in [0.3, 0.4) is 0 Å². The van der Waals surface area contributed by atoms with Gasteiger partial charge in [-0.3, -0.25) is 9.59 Å². The summed E-state index contributed by atoms with van der Waals surface area (Å²) in [6.07, 6.45) is 1.16. The van der Waals surface area contributed by atoms with Crippen LogP contribution in [-0.4, -0.2) is 29.7 Å². The molecule has 0 bridgehead atoms. The molecule has 156 valence electrons. The Morgan fingerprint density at radius 2 is 1.83 bits per heavy atom. The van der Waals surface area contributed by atoms with E-state index < -0.39 is 0 Å². The zero-order chi connectivity index (χ0) is 21.3. The van der Waals surface area contributed by atoms with Gasteiger partial charge in [-0.2, -0.15) is 0 Å². The molecule has 0 aliphatic rings. The van der Waals surface area contributed by atoms with Gasteiger partial charge in [-0.1, -0.05) is 36.9 Å². The lowest BCUT2D eigenvalue weighted by atomic mass is 10.1. The van der Waals surface area contributed by atoms with Gasteiger partial charge in [-0.15, -0.1) is 11.3 Å². The Kier molecular flexibility index (Phi) is 7.87. The summed E-state index contributed by atoms with van der Waals surface area (Å²) >= 11 is 2.78. The monoisotopic (exact) mass is 441 g/mol. The van der Waals surface area contributed by atoms with Crippen LogP contribution in [-0.2, 0) is 22.4 Å². The Bertz CT molecular complexity index is 1000. The second-order valence-corrected chi connectivity index (χ2v) is 8.53. The SMILES string of the molecule is CCc1ccc(NC(=O)Cc2csc(SCC(=O)Nc3cccc(OC)c3)n2)cc1. The number of nitrogens with zero attached hydrogens (tertiary/aromatic N) is 1. The molecular formula is C22H23N3O3S2. The lowest BCUT2D eigenvalue weighted by molar-refractivity contribution is -0.116. The number of thiazole rings is 1. The largest absolute Gasteiger partial charge is 0.497 e. The van der Waals surface area contributed by atoms with Gasteiger partial charge in [0.25, 0.3) is 0 Å². The molecule has 0 radical (unpaired) electrons. The Morgan fingerprint density at radius 1 is 1.07 bits per heavy atom. The third kappa shape index (κ3) is 6.60. The summed E-state index contributed by atoms with van der Waals surface area (Å²) in [5, 5.41) is 7.57. The highest BCUT2D eigenvalue weighted by Gasteiger charge is 2.11. The molecule has 3 aromatic rings. The topological polar surface area (TPSA) is 80.3 Å². The quantitative estimate of drug-likeness (QED) is 0.474. The molecule has 2 aromatic carbocycles. The lowest BCUT2D eigenvalue weighted by Crippen LogP contribution is -2.15. The van der Waals surface area contributed by atoms with Gasteiger partial charge < -0.3 is 15.4 Å². The first-order valence-electron chi connectivity index (χ1n) is 9.45. The molecule has 2 amide bonds. The molecule has 0 unspecified atom stereocenters. The van der Waals surface area contributed by atoms with Crippen molar-refractivity contribution in [2.24, 2.45) is 0 Å². The predicted octanol–water partition coefficient (Wildman–Crippen LogP) is 4.63. The van der Waals surface area contributed by atoms with E-state index in [4.69, 9.17) is 4.74 Å². The molecule has 0 fully saturated rings. The number of carbonyl (C=O) groups is 2. The summed E-state index contributed by atoms with van der Waals surface area (Å²) < 4.78 is 5.91. The van der Waals surface area contributed by atoms with E-state index in [2.05, 4.69) is 22.5 Å². The molecular weight excluding hydrogens is 418 g/mol. The van der Waals surface area contributed by atoms with Crippen molar-refractivity contribution in [3.05, 3.63) is 65.2 Å². The Balaban J connectivity index is 1.45. The number of ether oxygens (including phenoxy) is 1. The van der Waals surface area contributed by atoms with E-state index in [1.807, 2.05) is 41.8 Å². The third-order valence-corrected chi connectivity index (χ3v) is 6.27. The van der Waals surface area contributed by atoms with Crippen molar-refractivity contribution in [1.29, 1.82) is 0 Å². The standard InChI is InChI=1S/C22H23N3O3S2/c1-3-15-7-9-16(10-8-15)23-20(26)12-18-13-29-22(25-18)30-14-21(27)24-17-5-4-6-19(11-17)28-2/h4-11,13H,3,12,14H2,1-2H3,(H,23,26)(H,24,27). The Labute approximate surface area is 184 Å². The van der Waals surface area contributed by atoms with E-state index in [1.165, 1.54) is 28.7 Å². The minimum atomic E-state index is -0.127. The molecule has 0 saturated carbocycles. The van der Waals surface area contributed by atoms with Crippen LogP contribution >= 0.6 is 23.1 Å². The van der Waals surface area contributed by atoms with Gasteiger partial charge in [-0.05, 0) is 36.2 Å². The molecule has 0 spiro atoms. The van der Waals surface area contributed by atoms with E-state index >= 15 is 0 Å². The molecule has 0 aliphatic heterocycles. The summed E-state index contributed by atoms with van der Waals surface area (Å²) in [6.45, 7) is 2.09. The number of benzene rings is 2. The zero-order valence-electron chi connectivity index (χ0n) is 16.8. The van der Waals surface area contributed by atoms with E-state index in [0.29, 0.717) is 17.1 Å². The summed E-state index contributed by atoms with van der Waals surface area (Å²) in [4.78, 5) is 28.8. The number of thioether (sulfide) groups is 1. The van der Waals surface area contributed by atoms with Crippen molar-refractivity contribution in [3.63, 3.8) is 0 Å². The summed E-state index contributed by atoms with van der Waals surface area (Å²) in [5.41, 5.74) is 3.38. The average molecular weight is 442 g/mol. The fourth-order valence-corrected chi connectivity index (χ4v) is 4.30. The number of methoxy groups -OCH3 is 1. The van der Waals surface area contributed by atoms with Crippen LogP contribution in [0, 0.1) is 0 Å². The Hall–Kier alpha value is -2.84. The molecule has 0 saturated heterocycles. The number of hydrogen-bond acceptors (Lipinski definition) is 6. The van der Waals surface area contributed by atoms with Gasteiger partial charge >= 0.3 is 0 Å². The average Bonchev–Trinajstić information content (AvgIpc) is 3.20. The van der Waals surface area contributed by atoms with Crippen molar-refractivity contribution < 1.29 is 14.3 Å². The number of hydrogen-bond donors (Lipinski definition) is 2. The smallest absolute Gasteiger partial charge is 0.234 e. The maximum Gasteiger partial charge on any atom is 0.234 e. The fraction of sp³-hybridized carbons (Fsp3) is 0.227. The number of aromatic nitrogens is 1. The van der Waals surface area contributed by atoms with Crippen LogP contribution in [0.5, 0.6) is 5.75 Å². The lowest BCUT2D eigenvalue weighted by Gasteiger charge is -2.06. The van der Waals surface area contributed by atoms with Crippen LogP contribution in [0.1, 0.15) is 18.2 Å². The number of anilines is 2. The van der Waals surface area contributed by atoms with Crippen LogP contribution in [0.15, 0.2) is 58.3 Å². The highest BCUT2D eigenvalue weighted by Crippen LogP contribution is 2.24. The first-order chi connectivity index (χ1) is 14.6. The van der Waals surface area contributed by atoms with Crippen LogP contribution in [0.2, 0.25) is 0 Å². The van der Waals surface area contributed by atoms with Crippen molar-refractivity contribution in [1.82, 2.24) is 4.98 Å². The molecule has 8 heteroatoms. The molecule has 2 N–H and O–H groups in total. The number of rotatable bonds is 9. The number of nitrogens with one attached hydrogen (secondary N) is 2. The van der Waals surface area contributed by atoms with Crippen LogP contribution in [0.4, 0.5) is 11.4 Å². The third-order valence-electron chi connectivity index (χ3n) is 4.20. The summed E-state index contributed by atoms with van der Waals surface area (Å²) in [6, 6.07) is 15.0. The highest BCUT2D eigenvalue weighted by atomic mass is 32.2. The maximum atomic E-state index is 12.2. The molecule has 0 aliphatic carbocycles. The van der Waals surface area contributed by atoms with E-state index in [1.54, 1.807) is 19.2 Å². The van der Waals surface area contributed by atoms with Gasteiger partial charge in [0.1, 0.15) is 5.75 Å². The van der Waals surface area contributed by atoms with Gasteiger partial charge in [0.2, 0.25) is 11.8 Å². The van der Waals surface area contributed by atoms with Gasteiger partial charge in [0.05, 0.1) is 25.0 Å². The summed E-state index contributed by atoms with van der Waals surface area (Å²) in [7, 11) is 1.58.